The van der Waals surface area contributed by atoms with E-state index in [0.717, 1.165) is 0 Å². The molecule has 42 heavy (non-hydrogen) atoms. The zero-order valence-corrected chi connectivity index (χ0v) is 22.8. The fourth-order valence-corrected chi connectivity index (χ4v) is 4.76. The number of rotatable bonds is 3. The van der Waals surface area contributed by atoms with Crippen molar-refractivity contribution >= 4 is 54.7 Å². The number of carbonyl (C=O) groups excluding carboxylic acids is 4. The molecule has 0 N–H and O–H groups in total. The number of halogens is 7. The standard InChI is InChI=1S/C12H10ClF3N2O4S.C12H11F3N2O2/c13-23(21,22)9-3-1-8(2-4-9)18-6-5-17(7-10(18)19)11(20)12(14,15)16;13-12(14,15)11(19)16-6-7-17(10(18)8-16)9-4-2-1-3-5-9/h1-4H,5-7H2;1-5H,6-8H2. The van der Waals surface area contributed by atoms with Gasteiger partial charge in [-0.15, -0.1) is 0 Å². The summed E-state index contributed by atoms with van der Waals surface area (Å²) in [7, 11) is 1.25. The van der Waals surface area contributed by atoms with Crippen LogP contribution < -0.4 is 9.80 Å². The van der Waals surface area contributed by atoms with Crippen LogP contribution in [0.15, 0.2) is 59.5 Å². The molecule has 2 aliphatic heterocycles. The van der Waals surface area contributed by atoms with Gasteiger partial charge in [0.2, 0.25) is 11.8 Å². The van der Waals surface area contributed by atoms with Crippen molar-refractivity contribution in [2.45, 2.75) is 17.2 Å². The van der Waals surface area contributed by atoms with E-state index in [9.17, 15) is 53.9 Å². The number of carbonyl (C=O) groups is 4. The zero-order valence-electron chi connectivity index (χ0n) is 21.2. The highest BCUT2D eigenvalue weighted by Gasteiger charge is 2.45. The van der Waals surface area contributed by atoms with Crippen LogP contribution in [0.2, 0.25) is 0 Å². The predicted octanol–water partition coefficient (Wildman–Crippen LogP) is 2.78. The smallest absolute Gasteiger partial charge is 0.324 e. The van der Waals surface area contributed by atoms with Crippen LogP contribution in [0.1, 0.15) is 0 Å². The molecule has 2 aromatic carbocycles. The molecule has 4 rings (SSSR count). The van der Waals surface area contributed by atoms with Crippen molar-refractivity contribution in [2.75, 3.05) is 49.1 Å². The second kappa shape index (κ2) is 12.6. The fourth-order valence-electron chi connectivity index (χ4n) is 3.99. The van der Waals surface area contributed by atoms with Gasteiger partial charge in [0.25, 0.3) is 9.05 Å². The Morgan fingerprint density at radius 1 is 0.643 bits per heavy atom. The molecule has 0 radical (unpaired) electrons. The van der Waals surface area contributed by atoms with Crippen molar-refractivity contribution in [2.24, 2.45) is 0 Å². The van der Waals surface area contributed by atoms with Crippen LogP contribution in [0.4, 0.5) is 37.7 Å². The second-order valence-corrected chi connectivity index (χ2v) is 11.4. The molecule has 2 heterocycles. The van der Waals surface area contributed by atoms with Crippen LogP contribution in [-0.4, -0.2) is 93.5 Å². The van der Waals surface area contributed by atoms with Crippen LogP contribution in [0.5, 0.6) is 0 Å². The van der Waals surface area contributed by atoms with Gasteiger partial charge >= 0.3 is 24.2 Å². The third-order valence-corrected chi connectivity index (χ3v) is 7.37. The highest BCUT2D eigenvalue weighted by Crippen LogP contribution is 2.25. The maximum absolute atomic E-state index is 12.4. The molecule has 4 amide bonds. The molecule has 2 aromatic rings. The normalized spacial score (nSPS) is 16.6. The first-order valence-corrected chi connectivity index (χ1v) is 14.1. The largest absolute Gasteiger partial charge is 0.471 e. The highest BCUT2D eigenvalue weighted by atomic mass is 35.7. The fraction of sp³-hybridized carbons (Fsp3) is 0.333. The molecule has 0 atom stereocenters. The molecule has 2 fully saturated rings. The number of piperazine rings is 2. The average Bonchev–Trinajstić information content (AvgIpc) is 2.91. The topological polar surface area (TPSA) is 115 Å². The summed E-state index contributed by atoms with van der Waals surface area (Å²) in [6, 6.07) is 13.6. The van der Waals surface area contributed by atoms with Gasteiger partial charge in [-0.2, -0.15) is 26.3 Å². The van der Waals surface area contributed by atoms with E-state index in [-0.39, 0.29) is 31.1 Å². The molecule has 10 nitrogen and oxygen atoms in total. The highest BCUT2D eigenvalue weighted by molar-refractivity contribution is 8.13. The summed E-state index contributed by atoms with van der Waals surface area (Å²) >= 11 is 0. The molecule has 2 saturated heterocycles. The van der Waals surface area contributed by atoms with Gasteiger partial charge in [0.15, 0.2) is 0 Å². The van der Waals surface area contributed by atoms with Crippen LogP contribution in [0.25, 0.3) is 0 Å². The van der Waals surface area contributed by atoms with E-state index in [4.69, 9.17) is 10.7 Å². The second-order valence-electron chi connectivity index (χ2n) is 8.81. The average molecular weight is 643 g/mol. The van der Waals surface area contributed by atoms with E-state index >= 15 is 0 Å². The number of hydrogen-bond donors (Lipinski definition) is 0. The molecule has 0 saturated carbocycles. The zero-order chi connectivity index (χ0) is 31.5. The molecule has 0 aliphatic carbocycles. The van der Waals surface area contributed by atoms with E-state index in [1.165, 1.54) is 34.1 Å². The Hall–Kier alpha value is -3.86. The maximum atomic E-state index is 12.4. The van der Waals surface area contributed by atoms with Crippen molar-refractivity contribution in [1.82, 2.24) is 9.80 Å². The summed E-state index contributed by atoms with van der Waals surface area (Å²) in [5.41, 5.74) is 0.921. The first-order chi connectivity index (χ1) is 19.4. The van der Waals surface area contributed by atoms with E-state index < -0.39 is 58.1 Å². The molecule has 2 aliphatic rings. The predicted molar refractivity (Wildman–Crippen MR) is 136 cm³/mol. The van der Waals surface area contributed by atoms with Gasteiger partial charge < -0.3 is 19.6 Å². The Bertz CT molecular complexity index is 1440. The molecule has 0 bridgehead atoms. The van der Waals surface area contributed by atoms with Gasteiger partial charge in [-0.25, -0.2) is 8.42 Å². The van der Waals surface area contributed by atoms with Crippen LogP contribution in [0.3, 0.4) is 0 Å². The lowest BCUT2D eigenvalue weighted by molar-refractivity contribution is -0.186. The third-order valence-electron chi connectivity index (χ3n) is 6.00. The van der Waals surface area contributed by atoms with Crippen LogP contribution in [0, 0.1) is 0 Å². The first-order valence-electron chi connectivity index (χ1n) is 11.8. The lowest BCUT2D eigenvalue weighted by atomic mass is 10.2. The first kappa shape index (κ1) is 32.7. The summed E-state index contributed by atoms with van der Waals surface area (Å²) in [5, 5.41) is 0. The molecule has 0 aromatic heterocycles. The van der Waals surface area contributed by atoms with Crippen LogP contribution >= 0.6 is 10.7 Å². The minimum atomic E-state index is -5.03. The minimum absolute atomic E-state index is 0.0602. The van der Waals surface area contributed by atoms with Crippen molar-refractivity contribution in [3.05, 3.63) is 54.6 Å². The SMILES string of the molecule is O=C1CN(C(=O)C(F)(F)F)CCN1c1ccc(S(=O)(=O)Cl)cc1.O=C1CN(C(=O)C(F)(F)F)CCN1c1ccccc1. The lowest BCUT2D eigenvalue weighted by Gasteiger charge is -2.34. The molecule has 0 unspecified atom stereocenters. The Kier molecular flexibility index (Phi) is 9.77. The number of benzene rings is 2. The summed E-state index contributed by atoms with van der Waals surface area (Å²) in [5.74, 6) is -5.24. The van der Waals surface area contributed by atoms with Crippen molar-refractivity contribution in [1.29, 1.82) is 0 Å². The maximum Gasteiger partial charge on any atom is 0.471 e. The number of para-hydroxylation sites is 1. The number of anilines is 2. The lowest BCUT2D eigenvalue weighted by Crippen LogP contribution is -2.55. The Morgan fingerprint density at radius 2 is 1.02 bits per heavy atom. The molecule has 228 valence electrons. The molecular weight excluding hydrogens is 622 g/mol. The van der Waals surface area contributed by atoms with Gasteiger partial charge in [0, 0.05) is 48.2 Å². The monoisotopic (exact) mass is 642 g/mol. The van der Waals surface area contributed by atoms with Crippen LogP contribution in [-0.2, 0) is 28.2 Å². The number of nitrogens with zero attached hydrogens (tertiary/aromatic N) is 4. The Morgan fingerprint density at radius 3 is 1.36 bits per heavy atom. The number of amides is 4. The van der Waals surface area contributed by atoms with Crippen molar-refractivity contribution in [3.63, 3.8) is 0 Å². The Balaban J connectivity index is 0.000000235. The number of hydrogen-bond acceptors (Lipinski definition) is 6. The van der Waals surface area contributed by atoms with Gasteiger partial charge in [-0.3, -0.25) is 19.2 Å². The van der Waals surface area contributed by atoms with Crippen molar-refractivity contribution < 1.29 is 53.9 Å². The minimum Gasteiger partial charge on any atom is -0.324 e. The summed E-state index contributed by atoms with van der Waals surface area (Å²) < 4.78 is 96.1. The van der Waals surface area contributed by atoms with Gasteiger partial charge in [-0.05, 0) is 36.4 Å². The molecular formula is C24H21ClF6N4O6S. The number of alkyl halides is 6. The third kappa shape index (κ3) is 8.12. The molecule has 18 heteroatoms. The Labute approximate surface area is 239 Å². The van der Waals surface area contributed by atoms with Crippen molar-refractivity contribution in [3.8, 4) is 0 Å². The van der Waals surface area contributed by atoms with Gasteiger partial charge in [0.1, 0.15) is 13.1 Å². The van der Waals surface area contributed by atoms with E-state index in [2.05, 4.69) is 0 Å². The van der Waals surface area contributed by atoms with Gasteiger partial charge in [-0.1, -0.05) is 18.2 Å². The quantitative estimate of drug-likeness (QED) is 0.376. The molecule has 0 spiro atoms. The van der Waals surface area contributed by atoms with E-state index in [0.29, 0.717) is 21.2 Å². The van der Waals surface area contributed by atoms with Gasteiger partial charge in [0.05, 0.1) is 4.90 Å². The summed E-state index contributed by atoms with van der Waals surface area (Å²) in [4.78, 5) is 49.2. The van der Waals surface area contributed by atoms with E-state index in [1.54, 1.807) is 30.3 Å². The van der Waals surface area contributed by atoms with E-state index in [1.807, 2.05) is 0 Å². The summed E-state index contributed by atoms with van der Waals surface area (Å²) in [6.07, 6.45) is -9.96. The summed E-state index contributed by atoms with van der Waals surface area (Å²) in [6.45, 7) is -1.72.